The number of sulfonamides is 1. The highest BCUT2D eigenvalue weighted by molar-refractivity contribution is 7.90. The standard InChI is InChI=1S/C25H23F3N4O3S2/c1-24(33,25(26,27)28)15-10-11-30-19(13-15)17-5-2-4-14-12-20(36-23(14)17)22(18-6-3-7-21(29)31-18)32-37(34,35)16-8-9-16/h2-7,10-13,16,22,32-33H,8-9H2,1H3,(H2,29,31)/t22-,24?/m1/s1. The van der Waals surface area contributed by atoms with Crippen molar-refractivity contribution >= 4 is 37.3 Å². The first-order chi connectivity index (χ1) is 17.4. The van der Waals surface area contributed by atoms with Gasteiger partial charge in [-0.25, -0.2) is 18.1 Å². The summed E-state index contributed by atoms with van der Waals surface area (Å²) in [7, 11) is -3.60. The largest absolute Gasteiger partial charge is 0.421 e. The summed E-state index contributed by atoms with van der Waals surface area (Å²) < 4.78 is 69.5. The Bertz CT molecular complexity index is 1580. The lowest BCUT2D eigenvalue weighted by atomic mass is 9.94. The van der Waals surface area contributed by atoms with Crippen LogP contribution < -0.4 is 10.5 Å². The van der Waals surface area contributed by atoms with E-state index in [2.05, 4.69) is 14.7 Å². The molecule has 1 fully saturated rings. The van der Waals surface area contributed by atoms with E-state index >= 15 is 0 Å². The highest BCUT2D eigenvalue weighted by Gasteiger charge is 2.51. The van der Waals surface area contributed by atoms with Crippen LogP contribution in [0.1, 0.15) is 41.9 Å². The van der Waals surface area contributed by atoms with Crippen molar-refractivity contribution in [3.05, 3.63) is 76.9 Å². The number of nitrogen functional groups attached to an aromatic ring is 1. The average Bonchev–Trinajstić information content (AvgIpc) is 3.62. The van der Waals surface area contributed by atoms with Crippen molar-refractivity contribution in [3.8, 4) is 11.3 Å². The molecule has 2 atom stereocenters. The molecule has 3 aromatic heterocycles. The van der Waals surface area contributed by atoms with E-state index in [0.717, 1.165) is 11.5 Å². The number of halogens is 3. The molecule has 7 nitrogen and oxygen atoms in total. The molecule has 0 amide bonds. The van der Waals surface area contributed by atoms with Gasteiger partial charge in [-0.3, -0.25) is 4.98 Å². The fourth-order valence-corrected chi connectivity index (χ4v) is 6.85. The summed E-state index contributed by atoms with van der Waals surface area (Å²) in [6.07, 6.45) is -2.47. The summed E-state index contributed by atoms with van der Waals surface area (Å²) in [5.41, 5.74) is 3.72. The number of nitrogens with zero attached hydrogens (tertiary/aromatic N) is 2. The number of alkyl halides is 3. The number of thiophene rings is 1. The van der Waals surface area contributed by atoms with Gasteiger partial charge in [-0.15, -0.1) is 11.3 Å². The number of benzene rings is 1. The molecule has 0 saturated heterocycles. The molecule has 0 spiro atoms. The second-order valence-electron chi connectivity index (χ2n) is 9.15. The van der Waals surface area contributed by atoms with Crippen LogP contribution in [0.5, 0.6) is 0 Å². The zero-order chi connectivity index (χ0) is 26.6. The minimum atomic E-state index is -4.87. The number of anilines is 1. The van der Waals surface area contributed by atoms with Gasteiger partial charge in [0, 0.05) is 21.3 Å². The highest BCUT2D eigenvalue weighted by atomic mass is 32.2. The Labute approximate surface area is 215 Å². The minimum Gasteiger partial charge on any atom is -0.384 e. The van der Waals surface area contributed by atoms with Crippen LogP contribution in [0.3, 0.4) is 0 Å². The molecule has 4 N–H and O–H groups in total. The number of pyridine rings is 2. The maximum atomic E-state index is 13.4. The minimum absolute atomic E-state index is 0.243. The molecule has 1 aliphatic carbocycles. The van der Waals surface area contributed by atoms with Crippen molar-refractivity contribution in [2.24, 2.45) is 0 Å². The van der Waals surface area contributed by atoms with Gasteiger partial charge in [-0.05, 0) is 61.0 Å². The first-order valence-corrected chi connectivity index (χ1v) is 13.7. The summed E-state index contributed by atoms with van der Waals surface area (Å²) in [5, 5.41) is 10.5. The number of rotatable bonds is 7. The average molecular weight is 549 g/mol. The second-order valence-corrected chi connectivity index (χ2v) is 12.2. The lowest BCUT2D eigenvalue weighted by molar-refractivity contribution is -0.258. The zero-order valence-corrected chi connectivity index (χ0v) is 21.2. The Morgan fingerprint density at radius 1 is 1.14 bits per heavy atom. The van der Waals surface area contributed by atoms with Crippen LogP contribution in [0.25, 0.3) is 21.3 Å². The van der Waals surface area contributed by atoms with Gasteiger partial charge in [0.1, 0.15) is 5.82 Å². The number of aromatic nitrogens is 2. The SMILES string of the molecule is CC(O)(c1ccnc(-c2cccc3cc([C@H](NS(=O)(=O)C4CC4)c4cccc(N)n4)sc23)c1)C(F)(F)F. The van der Waals surface area contributed by atoms with Crippen LogP contribution in [0.2, 0.25) is 0 Å². The van der Waals surface area contributed by atoms with E-state index in [1.165, 1.54) is 23.6 Å². The van der Waals surface area contributed by atoms with Crippen LogP contribution in [0.15, 0.2) is 60.8 Å². The van der Waals surface area contributed by atoms with Crippen LogP contribution >= 0.6 is 11.3 Å². The first-order valence-electron chi connectivity index (χ1n) is 11.4. The Hall–Kier alpha value is -3.06. The molecule has 1 unspecified atom stereocenters. The van der Waals surface area contributed by atoms with Gasteiger partial charge in [0.15, 0.2) is 5.60 Å². The summed E-state index contributed by atoms with van der Waals surface area (Å²) in [6.45, 7) is 0.699. The molecule has 1 saturated carbocycles. The van der Waals surface area contributed by atoms with Crippen molar-refractivity contribution in [1.82, 2.24) is 14.7 Å². The van der Waals surface area contributed by atoms with Gasteiger partial charge in [0.05, 0.1) is 22.7 Å². The van der Waals surface area contributed by atoms with Gasteiger partial charge in [0.2, 0.25) is 10.0 Å². The van der Waals surface area contributed by atoms with Gasteiger partial charge < -0.3 is 10.8 Å². The molecule has 1 aliphatic rings. The van der Waals surface area contributed by atoms with Gasteiger partial charge in [0.25, 0.3) is 0 Å². The molecule has 194 valence electrons. The number of aliphatic hydroxyl groups is 1. The van der Waals surface area contributed by atoms with Crippen molar-refractivity contribution < 1.29 is 26.7 Å². The maximum absolute atomic E-state index is 13.4. The summed E-state index contributed by atoms with van der Waals surface area (Å²) >= 11 is 1.29. The molecule has 0 radical (unpaired) electrons. The molecular formula is C25H23F3N4O3S2. The fraction of sp³-hybridized carbons (Fsp3) is 0.280. The molecule has 0 bridgehead atoms. The molecule has 37 heavy (non-hydrogen) atoms. The Balaban J connectivity index is 1.61. The Morgan fingerprint density at radius 2 is 1.86 bits per heavy atom. The molecule has 0 aliphatic heterocycles. The fourth-order valence-electron chi connectivity index (χ4n) is 4.00. The topological polar surface area (TPSA) is 118 Å². The monoisotopic (exact) mass is 548 g/mol. The maximum Gasteiger partial charge on any atom is 0.421 e. The van der Waals surface area contributed by atoms with Gasteiger partial charge in [-0.1, -0.05) is 24.3 Å². The third-order valence-electron chi connectivity index (χ3n) is 6.33. The van der Waals surface area contributed by atoms with Gasteiger partial charge >= 0.3 is 6.18 Å². The third kappa shape index (κ3) is 4.93. The van der Waals surface area contributed by atoms with Gasteiger partial charge in [-0.2, -0.15) is 13.2 Å². The normalized spacial score (nSPS) is 17.0. The van der Waals surface area contributed by atoms with Crippen LogP contribution in [-0.2, 0) is 15.6 Å². The number of hydrogen-bond donors (Lipinski definition) is 3. The molecular weight excluding hydrogens is 525 g/mol. The van der Waals surface area contributed by atoms with E-state index in [1.807, 2.05) is 12.1 Å². The molecule has 12 heteroatoms. The summed E-state index contributed by atoms with van der Waals surface area (Å²) in [4.78, 5) is 9.24. The first kappa shape index (κ1) is 25.6. The summed E-state index contributed by atoms with van der Waals surface area (Å²) in [6, 6.07) is 13.6. The highest BCUT2D eigenvalue weighted by Crippen LogP contribution is 2.42. The smallest absolute Gasteiger partial charge is 0.384 e. The molecule has 3 heterocycles. The van der Waals surface area contributed by atoms with Crippen LogP contribution in [-0.4, -0.2) is 34.9 Å². The van der Waals surface area contributed by atoms with E-state index in [4.69, 9.17) is 5.73 Å². The summed E-state index contributed by atoms with van der Waals surface area (Å²) in [5.74, 6) is 0.243. The van der Waals surface area contributed by atoms with E-state index in [1.54, 1.807) is 30.3 Å². The predicted octanol–water partition coefficient (Wildman–Crippen LogP) is 4.88. The van der Waals surface area contributed by atoms with Crippen LogP contribution in [0.4, 0.5) is 19.0 Å². The predicted molar refractivity (Wildman–Crippen MR) is 136 cm³/mol. The number of hydrogen-bond acceptors (Lipinski definition) is 7. The Kier molecular flexibility index (Phi) is 6.26. The van der Waals surface area contributed by atoms with Crippen molar-refractivity contribution in [2.75, 3.05) is 5.73 Å². The number of fused-ring (bicyclic) bond motifs is 1. The lowest BCUT2D eigenvalue weighted by Crippen LogP contribution is -2.39. The van der Waals surface area contributed by atoms with E-state index in [9.17, 15) is 26.7 Å². The lowest BCUT2D eigenvalue weighted by Gasteiger charge is -2.26. The molecule has 4 aromatic rings. The quantitative estimate of drug-likeness (QED) is 0.303. The Morgan fingerprint density at radius 3 is 2.54 bits per heavy atom. The van der Waals surface area contributed by atoms with E-state index < -0.39 is 33.1 Å². The second kappa shape index (κ2) is 9.05. The molecule has 5 rings (SSSR count). The van der Waals surface area contributed by atoms with Crippen molar-refractivity contribution in [1.29, 1.82) is 0 Å². The van der Waals surface area contributed by atoms with Crippen LogP contribution in [0, 0.1) is 0 Å². The third-order valence-corrected chi connectivity index (χ3v) is 9.49. The number of nitrogens with one attached hydrogen (secondary N) is 1. The van der Waals surface area contributed by atoms with E-state index in [-0.39, 0.29) is 17.1 Å². The van der Waals surface area contributed by atoms with E-state index in [0.29, 0.717) is 40.6 Å². The number of nitrogens with two attached hydrogens (primary N) is 1. The molecule has 1 aromatic carbocycles. The van der Waals surface area contributed by atoms with Crippen molar-refractivity contribution in [3.63, 3.8) is 0 Å². The zero-order valence-electron chi connectivity index (χ0n) is 19.5. The van der Waals surface area contributed by atoms with Crippen molar-refractivity contribution in [2.45, 2.75) is 42.8 Å².